The van der Waals surface area contributed by atoms with E-state index >= 15 is 0 Å². The number of methoxy groups -OCH3 is 2. The first-order valence-electron chi connectivity index (χ1n) is 13.8. The molecule has 0 unspecified atom stereocenters. The number of carbonyl (C=O) groups is 2. The van der Waals surface area contributed by atoms with E-state index in [1.54, 1.807) is 49.4 Å². The number of aromatic carboxylic acids is 1. The third-order valence-electron chi connectivity index (χ3n) is 7.01. The number of benzene rings is 2. The number of hydrogen-bond donors (Lipinski definition) is 1. The van der Waals surface area contributed by atoms with Gasteiger partial charge >= 0.3 is 11.9 Å². The number of allylic oxidation sites excluding steroid dienone is 1. The molecule has 1 aliphatic rings. The molecule has 1 atom stereocenters. The summed E-state index contributed by atoms with van der Waals surface area (Å²) in [4.78, 5) is 44.3. The van der Waals surface area contributed by atoms with E-state index in [1.807, 2.05) is 6.92 Å². The third kappa shape index (κ3) is 5.80. The lowest BCUT2D eigenvalue weighted by atomic mass is 9.93. The summed E-state index contributed by atoms with van der Waals surface area (Å²) in [5.74, 6) is 0.0312. The number of aromatic nitrogens is 1. The van der Waals surface area contributed by atoms with Crippen molar-refractivity contribution < 1.29 is 33.3 Å². The van der Waals surface area contributed by atoms with Crippen LogP contribution in [0.2, 0.25) is 5.02 Å². The predicted molar refractivity (Wildman–Crippen MR) is 165 cm³/mol. The molecule has 0 saturated heterocycles. The van der Waals surface area contributed by atoms with Gasteiger partial charge in [0.2, 0.25) is 0 Å². The van der Waals surface area contributed by atoms with Crippen LogP contribution in [0, 0.1) is 0 Å². The molecule has 0 radical (unpaired) electrons. The second kappa shape index (κ2) is 12.9. The molecule has 0 fully saturated rings. The Hall–Kier alpha value is -4.61. The van der Waals surface area contributed by atoms with Crippen molar-refractivity contribution in [1.29, 1.82) is 0 Å². The zero-order valence-corrected chi connectivity index (χ0v) is 26.0. The van der Waals surface area contributed by atoms with Crippen LogP contribution in [-0.2, 0) is 9.53 Å². The summed E-state index contributed by atoms with van der Waals surface area (Å²) >= 11 is 7.18. The summed E-state index contributed by atoms with van der Waals surface area (Å²) in [6.45, 7) is 3.85. The predicted octanol–water partition coefficient (Wildman–Crippen LogP) is 5.21. The van der Waals surface area contributed by atoms with Crippen molar-refractivity contribution in [2.24, 2.45) is 4.99 Å². The molecule has 0 bridgehead atoms. The lowest BCUT2D eigenvalue weighted by molar-refractivity contribution is -0.139. The highest BCUT2D eigenvalue weighted by atomic mass is 35.5. The summed E-state index contributed by atoms with van der Waals surface area (Å²) in [5.41, 5.74) is 1.41. The molecule has 1 aliphatic heterocycles. The van der Waals surface area contributed by atoms with Gasteiger partial charge in [-0.05, 0) is 61.9 Å². The first-order chi connectivity index (χ1) is 21.2. The van der Waals surface area contributed by atoms with E-state index in [2.05, 4.69) is 0 Å². The summed E-state index contributed by atoms with van der Waals surface area (Å²) in [7, 11) is 3.05. The van der Waals surface area contributed by atoms with Gasteiger partial charge in [-0.2, -0.15) is 0 Å². The number of fused-ring (bicyclic) bond motifs is 1. The zero-order chi connectivity index (χ0) is 31.5. The molecule has 0 saturated carbocycles. The highest BCUT2D eigenvalue weighted by Gasteiger charge is 2.36. The van der Waals surface area contributed by atoms with Crippen LogP contribution in [0.1, 0.15) is 54.4 Å². The smallest absolute Gasteiger partial charge is 0.338 e. The molecule has 0 spiro atoms. The van der Waals surface area contributed by atoms with Crippen LogP contribution in [0.4, 0.5) is 0 Å². The molecular weight excluding hydrogens is 608 g/mol. The van der Waals surface area contributed by atoms with Gasteiger partial charge in [-0.1, -0.05) is 36.3 Å². The molecule has 5 rings (SSSR count). The number of furan rings is 1. The third-order valence-corrected chi connectivity index (χ3v) is 8.32. The van der Waals surface area contributed by atoms with Crippen LogP contribution in [0.5, 0.6) is 11.5 Å². The van der Waals surface area contributed by atoms with E-state index in [1.165, 1.54) is 30.9 Å². The molecular formula is C32H29ClN2O8S. The van der Waals surface area contributed by atoms with E-state index in [4.69, 9.17) is 35.2 Å². The molecule has 4 aromatic rings. The molecule has 44 heavy (non-hydrogen) atoms. The minimum Gasteiger partial charge on any atom is -0.497 e. The number of carboxylic acid groups (broad SMARTS) is 1. The van der Waals surface area contributed by atoms with E-state index in [9.17, 15) is 19.5 Å². The minimum absolute atomic E-state index is 0.0521. The van der Waals surface area contributed by atoms with Crippen molar-refractivity contribution in [3.05, 3.63) is 101 Å². The molecule has 1 N–H and O–H groups in total. The standard InChI is InChI=1S/C32H29ClN2O8S/c1-5-7-23-27(31(39)42-6-2)28(21-15-18(40-3)9-13-25(21)41-4)35-29(36)26(44-32(35)34-23)16-19-10-12-24(43-19)17-8-11-22(33)20(14-17)30(37)38/h8-16,28H,5-7H2,1-4H3,(H,37,38)/b26-16-/t28-/m1/s1. The Balaban J connectivity index is 1.70. The van der Waals surface area contributed by atoms with Gasteiger partial charge in [-0.15, -0.1) is 0 Å². The molecule has 0 amide bonds. The molecule has 2 aromatic heterocycles. The van der Waals surface area contributed by atoms with Gasteiger partial charge in [0, 0.05) is 17.2 Å². The van der Waals surface area contributed by atoms with Crippen LogP contribution < -0.4 is 24.4 Å². The maximum Gasteiger partial charge on any atom is 0.338 e. The Labute approximate surface area is 261 Å². The van der Waals surface area contributed by atoms with Gasteiger partial charge in [-0.3, -0.25) is 9.36 Å². The molecule has 12 heteroatoms. The normalized spacial score (nSPS) is 14.7. The first kappa shape index (κ1) is 30.8. The maximum absolute atomic E-state index is 14.1. The van der Waals surface area contributed by atoms with Gasteiger partial charge < -0.3 is 23.7 Å². The lowest BCUT2D eigenvalue weighted by Gasteiger charge is -2.27. The highest BCUT2D eigenvalue weighted by molar-refractivity contribution is 7.07. The van der Waals surface area contributed by atoms with Crippen molar-refractivity contribution >= 4 is 41.0 Å². The molecule has 228 valence electrons. The molecule has 0 aliphatic carbocycles. The van der Waals surface area contributed by atoms with Crippen molar-refractivity contribution in [3.8, 4) is 22.8 Å². The molecule has 2 aromatic carbocycles. The monoisotopic (exact) mass is 636 g/mol. The largest absolute Gasteiger partial charge is 0.497 e. The molecule has 10 nitrogen and oxygen atoms in total. The van der Waals surface area contributed by atoms with Crippen molar-refractivity contribution in [3.63, 3.8) is 0 Å². The maximum atomic E-state index is 14.1. The number of carboxylic acids is 1. The van der Waals surface area contributed by atoms with Crippen LogP contribution in [-0.4, -0.2) is 42.4 Å². The SMILES string of the molecule is CCCC1=C(C(=O)OCC)[C@@H](c2cc(OC)ccc2OC)n2c(s/c(=C\c3ccc(-c4ccc(Cl)c(C(=O)O)c4)o3)c2=O)=N1. The number of halogens is 1. The zero-order valence-electron chi connectivity index (χ0n) is 24.4. The van der Waals surface area contributed by atoms with Gasteiger partial charge in [0.1, 0.15) is 29.1 Å². The van der Waals surface area contributed by atoms with Gasteiger partial charge in [0.15, 0.2) is 4.80 Å². The van der Waals surface area contributed by atoms with E-state index in [-0.39, 0.29) is 22.8 Å². The number of ether oxygens (including phenoxy) is 3. The fraction of sp³-hybridized carbons (Fsp3) is 0.250. The molecule has 3 heterocycles. The van der Waals surface area contributed by atoms with Crippen molar-refractivity contribution in [2.45, 2.75) is 32.7 Å². The average molecular weight is 637 g/mol. The Morgan fingerprint density at radius 3 is 2.59 bits per heavy atom. The highest BCUT2D eigenvalue weighted by Crippen LogP contribution is 2.39. The van der Waals surface area contributed by atoms with E-state index in [0.717, 1.165) is 11.3 Å². The average Bonchev–Trinajstić information content (AvgIpc) is 3.60. The second-order valence-electron chi connectivity index (χ2n) is 9.72. The van der Waals surface area contributed by atoms with Gasteiger partial charge in [0.25, 0.3) is 5.56 Å². The minimum atomic E-state index is -1.16. The number of esters is 1. The van der Waals surface area contributed by atoms with E-state index < -0.39 is 23.5 Å². The topological polar surface area (TPSA) is 130 Å². The van der Waals surface area contributed by atoms with Crippen molar-refractivity contribution in [2.75, 3.05) is 20.8 Å². The number of thiazole rings is 1. The van der Waals surface area contributed by atoms with Gasteiger partial charge in [0.05, 0.1) is 47.2 Å². The second-order valence-corrected chi connectivity index (χ2v) is 11.1. The quantitative estimate of drug-likeness (QED) is 0.235. The summed E-state index contributed by atoms with van der Waals surface area (Å²) in [5, 5.41) is 9.55. The van der Waals surface area contributed by atoms with E-state index in [0.29, 0.717) is 62.0 Å². The first-order valence-corrected chi connectivity index (χ1v) is 15.0. The fourth-order valence-electron chi connectivity index (χ4n) is 5.03. The number of nitrogens with zero attached hydrogens (tertiary/aromatic N) is 2. The van der Waals surface area contributed by atoms with Crippen LogP contribution in [0.3, 0.4) is 0 Å². The van der Waals surface area contributed by atoms with Gasteiger partial charge in [-0.25, -0.2) is 14.6 Å². The number of rotatable bonds is 10. The Bertz CT molecular complexity index is 1970. The lowest BCUT2D eigenvalue weighted by Crippen LogP contribution is -2.40. The Kier molecular flexibility index (Phi) is 9.07. The van der Waals surface area contributed by atoms with Crippen LogP contribution in [0.25, 0.3) is 17.4 Å². The van der Waals surface area contributed by atoms with Crippen LogP contribution in [0.15, 0.2) is 74.0 Å². The van der Waals surface area contributed by atoms with Crippen LogP contribution >= 0.6 is 22.9 Å². The number of hydrogen-bond acceptors (Lipinski definition) is 9. The number of carbonyl (C=O) groups excluding carboxylic acids is 1. The Morgan fingerprint density at radius 1 is 1.11 bits per heavy atom. The summed E-state index contributed by atoms with van der Waals surface area (Å²) in [6.07, 6.45) is 2.79. The summed E-state index contributed by atoms with van der Waals surface area (Å²) < 4.78 is 24.4. The fourth-order valence-corrected chi connectivity index (χ4v) is 6.22. The Morgan fingerprint density at radius 2 is 1.91 bits per heavy atom. The summed E-state index contributed by atoms with van der Waals surface area (Å²) in [6, 6.07) is 12.2. The van der Waals surface area contributed by atoms with Crippen molar-refractivity contribution in [1.82, 2.24) is 4.57 Å².